The molecule has 158 valence electrons. The van der Waals surface area contributed by atoms with E-state index in [4.69, 9.17) is 9.72 Å². The Morgan fingerprint density at radius 3 is 2.63 bits per heavy atom. The minimum Gasteiger partial charge on any atom is -0.494 e. The highest BCUT2D eigenvalue weighted by Gasteiger charge is 2.23. The molecule has 3 aromatic rings. The Hall–Kier alpha value is -2.25. The number of rotatable bonds is 7. The molecule has 2 heterocycles. The molecule has 0 spiro atoms. The van der Waals surface area contributed by atoms with Crippen molar-refractivity contribution in [3.63, 3.8) is 0 Å². The molecule has 1 amide bonds. The summed E-state index contributed by atoms with van der Waals surface area (Å²) < 4.78 is 6.74. The van der Waals surface area contributed by atoms with Gasteiger partial charge in [-0.05, 0) is 44.2 Å². The molecule has 0 saturated carbocycles. The number of thiazole rings is 1. The molecule has 0 atom stereocenters. The zero-order valence-electron chi connectivity index (χ0n) is 17.5. The second-order valence-electron chi connectivity index (χ2n) is 7.34. The number of nitrogens with zero attached hydrogens (tertiary/aromatic N) is 3. The molecule has 0 aliphatic carbocycles. The third kappa shape index (κ3) is 5.08. The second kappa shape index (κ2) is 9.71. The number of anilines is 1. The van der Waals surface area contributed by atoms with Crippen LogP contribution in [0.25, 0.3) is 10.2 Å². The molecule has 1 aromatic heterocycles. The number of thioether (sulfide) groups is 1. The van der Waals surface area contributed by atoms with Crippen molar-refractivity contribution in [3.05, 3.63) is 48.0 Å². The second-order valence-corrected chi connectivity index (χ2v) is 9.52. The van der Waals surface area contributed by atoms with Gasteiger partial charge in [0.05, 0.1) is 16.8 Å². The molecule has 1 aliphatic heterocycles. The van der Waals surface area contributed by atoms with Crippen molar-refractivity contribution in [2.45, 2.75) is 25.2 Å². The van der Waals surface area contributed by atoms with Gasteiger partial charge in [0.15, 0.2) is 5.13 Å². The number of amides is 1. The standard InChI is InChI=1S/C23H27N3O2S2/c1-3-28-18-6-9-20-21(16-18)30-23(24-20)26-13-11-25(12-14-26)22(27)10-15-29-19-7-4-17(2)5-8-19/h4-9,16H,3,10-15H2,1-2H3. The summed E-state index contributed by atoms with van der Waals surface area (Å²) in [6.45, 7) is 7.91. The van der Waals surface area contributed by atoms with Gasteiger partial charge < -0.3 is 14.5 Å². The largest absolute Gasteiger partial charge is 0.494 e. The lowest BCUT2D eigenvalue weighted by atomic mass is 10.2. The monoisotopic (exact) mass is 441 g/mol. The molecule has 1 aliphatic rings. The molecule has 2 aromatic carbocycles. The fourth-order valence-corrected chi connectivity index (χ4v) is 5.37. The number of hydrogen-bond acceptors (Lipinski definition) is 6. The van der Waals surface area contributed by atoms with E-state index in [1.54, 1.807) is 23.1 Å². The van der Waals surface area contributed by atoms with Crippen molar-refractivity contribution in [1.82, 2.24) is 9.88 Å². The number of aromatic nitrogens is 1. The van der Waals surface area contributed by atoms with Crippen LogP contribution < -0.4 is 9.64 Å². The van der Waals surface area contributed by atoms with Crippen LogP contribution in [0.15, 0.2) is 47.4 Å². The third-order valence-electron chi connectivity index (χ3n) is 5.17. The van der Waals surface area contributed by atoms with Crippen molar-refractivity contribution >= 4 is 44.4 Å². The average molecular weight is 442 g/mol. The number of fused-ring (bicyclic) bond motifs is 1. The van der Waals surface area contributed by atoms with Crippen LogP contribution in [0, 0.1) is 6.92 Å². The SMILES string of the molecule is CCOc1ccc2nc(N3CCN(C(=O)CCSc4ccc(C)cc4)CC3)sc2c1. The summed E-state index contributed by atoms with van der Waals surface area (Å²) in [4.78, 5) is 22.9. The van der Waals surface area contributed by atoms with E-state index in [1.165, 1.54) is 10.5 Å². The van der Waals surface area contributed by atoms with E-state index >= 15 is 0 Å². The van der Waals surface area contributed by atoms with Crippen molar-refractivity contribution < 1.29 is 9.53 Å². The Morgan fingerprint density at radius 2 is 1.90 bits per heavy atom. The third-order valence-corrected chi connectivity index (χ3v) is 7.26. The van der Waals surface area contributed by atoms with Gasteiger partial charge in [-0.1, -0.05) is 29.0 Å². The lowest BCUT2D eigenvalue weighted by Crippen LogP contribution is -2.48. The van der Waals surface area contributed by atoms with E-state index in [9.17, 15) is 4.79 Å². The van der Waals surface area contributed by atoms with E-state index in [0.29, 0.717) is 13.0 Å². The first-order valence-corrected chi connectivity index (χ1v) is 12.2. The lowest BCUT2D eigenvalue weighted by molar-refractivity contribution is -0.131. The first-order valence-electron chi connectivity index (χ1n) is 10.4. The number of piperazine rings is 1. The maximum atomic E-state index is 12.6. The first kappa shape index (κ1) is 21.0. The van der Waals surface area contributed by atoms with Gasteiger partial charge in [-0.25, -0.2) is 4.98 Å². The van der Waals surface area contributed by atoms with Gasteiger partial charge in [-0.3, -0.25) is 4.79 Å². The van der Waals surface area contributed by atoms with Gasteiger partial charge in [-0.15, -0.1) is 11.8 Å². The number of ether oxygens (including phenoxy) is 1. The van der Waals surface area contributed by atoms with Crippen LogP contribution in [0.2, 0.25) is 0 Å². The molecule has 5 nitrogen and oxygen atoms in total. The summed E-state index contributed by atoms with van der Waals surface area (Å²) in [5, 5.41) is 1.03. The lowest BCUT2D eigenvalue weighted by Gasteiger charge is -2.34. The predicted molar refractivity (Wildman–Crippen MR) is 126 cm³/mol. The maximum absolute atomic E-state index is 12.6. The van der Waals surface area contributed by atoms with E-state index in [0.717, 1.165) is 53.0 Å². The number of hydrogen-bond donors (Lipinski definition) is 0. The molecular formula is C23H27N3O2S2. The fraction of sp³-hybridized carbons (Fsp3) is 0.391. The molecule has 0 N–H and O–H groups in total. The molecule has 0 unspecified atom stereocenters. The summed E-state index contributed by atoms with van der Waals surface area (Å²) in [5.41, 5.74) is 2.27. The van der Waals surface area contributed by atoms with Crippen LogP contribution in [-0.4, -0.2) is 54.3 Å². The summed E-state index contributed by atoms with van der Waals surface area (Å²) in [6.07, 6.45) is 0.583. The van der Waals surface area contributed by atoms with Crippen molar-refractivity contribution in [2.24, 2.45) is 0 Å². The highest BCUT2D eigenvalue weighted by molar-refractivity contribution is 7.99. The number of carbonyl (C=O) groups excluding carboxylic acids is 1. The molecule has 4 rings (SSSR count). The fourth-order valence-electron chi connectivity index (χ4n) is 3.48. The Kier molecular flexibility index (Phi) is 6.79. The van der Waals surface area contributed by atoms with E-state index in [-0.39, 0.29) is 5.91 Å². The van der Waals surface area contributed by atoms with Crippen molar-refractivity contribution in [1.29, 1.82) is 0 Å². The quantitative estimate of drug-likeness (QED) is 0.491. The molecule has 0 radical (unpaired) electrons. The van der Waals surface area contributed by atoms with E-state index in [2.05, 4.69) is 42.2 Å². The maximum Gasteiger partial charge on any atom is 0.223 e. The molecule has 1 saturated heterocycles. The van der Waals surface area contributed by atoms with Gasteiger partial charge in [0.2, 0.25) is 5.91 Å². The smallest absolute Gasteiger partial charge is 0.223 e. The van der Waals surface area contributed by atoms with Gasteiger partial charge in [-0.2, -0.15) is 0 Å². The van der Waals surface area contributed by atoms with E-state index in [1.807, 2.05) is 24.0 Å². The van der Waals surface area contributed by atoms with Gasteiger partial charge in [0.25, 0.3) is 0 Å². The van der Waals surface area contributed by atoms with Crippen LogP contribution in [0.1, 0.15) is 18.9 Å². The number of carbonyl (C=O) groups is 1. The average Bonchev–Trinajstić information content (AvgIpc) is 3.19. The van der Waals surface area contributed by atoms with Gasteiger partial charge >= 0.3 is 0 Å². The van der Waals surface area contributed by atoms with Crippen LogP contribution >= 0.6 is 23.1 Å². The van der Waals surface area contributed by atoms with Gasteiger partial charge in [0.1, 0.15) is 5.75 Å². The minimum absolute atomic E-state index is 0.250. The zero-order valence-corrected chi connectivity index (χ0v) is 19.1. The molecule has 0 bridgehead atoms. The molecule has 1 fully saturated rings. The summed E-state index contributed by atoms with van der Waals surface area (Å²) in [6, 6.07) is 14.5. The summed E-state index contributed by atoms with van der Waals surface area (Å²) in [7, 11) is 0. The molecule has 7 heteroatoms. The molecular weight excluding hydrogens is 414 g/mol. The van der Waals surface area contributed by atoms with Crippen LogP contribution in [-0.2, 0) is 4.79 Å². The predicted octanol–water partition coefficient (Wildman–Crippen LogP) is 4.83. The summed E-state index contributed by atoms with van der Waals surface area (Å²) in [5.74, 6) is 1.96. The van der Waals surface area contributed by atoms with Crippen molar-refractivity contribution in [3.8, 4) is 5.75 Å². The van der Waals surface area contributed by atoms with E-state index < -0.39 is 0 Å². The Bertz CT molecular complexity index is 995. The zero-order chi connectivity index (χ0) is 20.9. The molecule has 30 heavy (non-hydrogen) atoms. The Morgan fingerprint density at radius 1 is 1.13 bits per heavy atom. The van der Waals surface area contributed by atoms with Crippen LogP contribution in [0.5, 0.6) is 5.75 Å². The minimum atomic E-state index is 0.250. The normalized spacial score (nSPS) is 14.3. The first-order chi connectivity index (χ1) is 14.6. The number of benzene rings is 2. The number of aryl methyl sites for hydroxylation is 1. The Labute approximate surface area is 186 Å². The Balaban J connectivity index is 1.27. The highest BCUT2D eigenvalue weighted by atomic mass is 32.2. The topological polar surface area (TPSA) is 45.7 Å². The van der Waals surface area contributed by atoms with Gasteiger partial charge in [0, 0.05) is 43.2 Å². The van der Waals surface area contributed by atoms with Crippen LogP contribution in [0.3, 0.4) is 0 Å². The highest BCUT2D eigenvalue weighted by Crippen LogP contribution is 2.32. The summed E-state index contributed by atoms with van der Waals surface area (Å²) >= 11 is 3.44. The van der Waals surface area contributed by atoms with Crippen molar-refractivity contribution in [2.75, 3.05) is 43.4 Å². The van der Waals surface area contributed by atoms with Crippen LogP contribution in [0.4, 0.5) is 5.13 Å².